The standard InChI is InChI=1S/C9H11BrN4O/c1-15-7-3-2-6-9(8(7)10)12-13-14(6)5-4-11/h2-3H,4-5,11H2,1H3. The van der Waals surface area contributed by atoms with E-state index in [4.69, 9.17) is 10.5 Å². The number of ether oxygens (including phenoxy) is 1. The highest BCUT2D eigenvalue weighted by Gasteiger charge is 2.11. The van der Waals surface area contributed by atoms with Gasteiger partial charge in [-0.1, -0.05) is 5.21 Å². The van der Waals surface area contributed by atoms with Crippen LogP contribution in [0.5, 0.6) is 5.75 Å². The number of fused-ring (bicyclic) bond motifs is 1. The molecule has 6 heteroatoms. The fraction of sp³-hybridized carbons (Fsp3) is 0.333. The normalized spacial score (nSPS) is 10.9. The molecule has 1 aromatic heterocycles. The molecule has 0 amide bonds. The molecular weight excluding hydrogens is 260 g/mol. The van der Waals surface area contributed by atoms with Gasteiger partial charge in [-0.2, -0.15) is 0 Å². The molecule has 0 aliphatic rings. The number of benzene rings is 1. The fourth-order valence-corrected chi connectivity index (χ4v) is 2.01. The molecule has 2 rings (SSSR count). The van der Waals surface area contributed by atoms with Crippen molar-refractivity contribution in [2.75, 3.05) is 13.7 Å². The second-order valence-electron chi connectivity index (χ2n) is 3.05. The van der Waals surface area contributed by atoms with Gasteiger partial charge in [0.25, 0.3) is 0 Å². The van der Waals surface area contributed by atoms with Crippen LogP contribution in [0.1, 0.15) is 0 Å². The quantitative estimate of drug-likeness (QED) is 0.909. The van der Waals surface area contributed by atoms with Crippen LogP contribution < -0.4 is 10.5 Å². The van der Waals surface area contributed by atoms with Gasteiger partial charge < -0.3 is 10.5 Å². The Kier molecular flexibility index (Phi) is 2.88. The average molecular weight is 271 g/mol. The van der Waals surface area contributed by atoms with Crippen molar-refractivity contribution in [1.29, 1.82) is 0 Å². The van der Waals surface area contributed by atoms with E-state index in [1.807, 2.05) is 12.1 Å². The van der Waals surface area contributed by atoms with E-state index >= 15 is 0 Å². The van der Waals surface area contributed by atoms with Crippen molar-refractivity contribution in [2.45, 2.75) is 6.54 Å². The van der Waals surface area contributed by atoms with Crippen molar-refractivity contribution in [3.8, 4) is 5.75 Å². The highest BCUT2D eigenvalue weighted by molar-refractivity contribution is 9.10. The molecule has 0 atom stereocenters. The van der Waals surface area contributed by atoms with Crippen LogP contribution >= 0.6 is 15.9 Å². The molecule has 0 unspecified atom stereocenters. The summed E-state index contributed by atoms with van der Waals surface area (Å²) in [5.41, 5.74) is 7.23. The third-order valence-electron chi connectivity index (χ3n) is 2.15. The molecule has 80 valence electrons. The van der Waals surface area contributed by atoms with Crippen LogP contribution in [0.2, 0.25) is 0 Å². The maximum absolute atomic E-state index is 5.48. The highest BCUT2D eigenvalue weighted by atomic mass is 79.9. The van der Waals surface area contributed by atoms with Gasteiger partial charge >= 0.3 is 0 Å². The molecule has 5 nitrogen and oxygen atoms in total. The zero-order valence-corrected chi connectivity index (χ0v) is 9.86. The van der Waals surface area contributed by atoms with E-state index in [9.17, 15) is 0 Å². The molecule has 0 saturated carbocycles. The van der Waals surface area contributed by atoms with Crippen molar-refractivity contribution in [1.82, 2.24) is 15.0 Å². The van der Waals surface area contributed by atoms with E-state index < -0.39 is 0 Å². The molecule has 2 aromatic rings. The Labute approximate surface area is 95.3 Å². The van der Waals surface area contributed by atoms with Crippen LogP contribution in [-0.4, -0.2) is 28.6 Å². The first kappa shape index (κ1) is 10.4. The van der Waals surface area contributed by atoms with E-state index in [1.165, 1.54) is 0 Å². The van der Waals surface area contributed by atoms with E-state index in [-0.39, 0.29) is 0 Å². The number of nitrogens with two attached hydrogens (primary N) is 1. The number of halogens is 1. The molecule has 0 spiro atoms. The van der Waals surface area contributed by atoms with Gasteiger partial charge in [-0.15, -0.1) is 5.10 Å². The van der Waals surface area contributed by atoms with Crippen LogP contribution in [0.3, 0.4) is 0 Å². The predicted octanol–water partition coefficient (Wildman–Crippen LogP) is 1.16. The first-order chi connectivity index (χ1) is 7.27. The first-order valence-corrected chi connectivity index (χ1v) is 5.33. The van der Waals surface area contributed by atoms with Gasteiger partial charge in [0.05, 0.1) is 23.6 Å². The molecule has 0 bridgehead atoms. The van der Waals surface area contributed by atoms with E-state index in [1.54, 1.807) is 11.8 Å². The van der Waals surface area contributed by atoms with E-state index in [2.05, 4.69) is 26.2 Å². The topological polar surface area (TPSA) is 66.0 Å². The number of rotatable bonds is 3. The van der Waals surface area contributed by atoms with Crippen molar-refractivity contribution < 1.29 is 4.74 Å². The lowest BCUT2D eigenvalue weighted by molar-refractivity contribution is 0.413. The van der Waals surface area contributed by atoms with Gasteiger partial charge in [-0.3, -0.25) is 0 Å². The summed E-state index contributed by atoms with van der Waals surface area (Å²) in [4.78, 5) is 0. The van der Waals surface area contributed by atoms with Crippen LogP contribution in [0.4, 0.5) is 0 Å². The lowest BCUT2D eigenvalue weighted by atomic mass is 10.3. The number of nitrogens with zero attached hydrogens (tertiary/aromatic N) is 3. The minimum atomic E-state index is 0.544. The Morgan fingerprint density at radius 1 is 1.53 bits per heavy atom. The van der Waals surface area contributed by atoms with Crippen LogP contribution in [0.15, 0.2) is 16.6 Å². The van der Waals surface area contributed by atoms with Gasteiger partial charge in [0.2, 0.25) is 0 Å². The Hall–Kier alpha value is -1.14. The molecule has 0 radical (unpaired) electrons. The zero-order valence-electron chi connectivity index (χ0n) is 8.27. The van der Waals surface area contributed by atoms with Gasteiger partial charge in [0.15, 0.2) is 0 Å². The summed E-state index contributed by atoms with van der Waals surface area (Å²) in [5.74, 6) is 0.752. The zero-order chi connectivity index (χ0) is 10.8. The molecule has 2 N–H and O–H groups in total. The highest BCUT2D eigenvalue weighted by Crippen LogP contribution is 2.31. The molecule has 1 aromatic carbocycles. The van der Waals surface area contributed by atoms with Crippen molar-refractivity contribution >= 4 is 27.0 Å². The Balaban J connectivity index is 2.60. The number of methoxy groups -OCH3 is 1. The lowest BCUT2D eigenvalue weighted by Gasteiger charge is -2.03. The smallest absolute Gasteiger partial charge is 0.135 e. The van der Waals surface area contributed by atoms with Crippen LogP contribution in [0.25, 0.3) is 11.0 Å². The first-order valence-electron chi connectivity index (χ1n) is 4.53. The summed E-state index contributed by atoms with van der Waals surface area (Å²) in [5, 5.41) is 8.10. The van der Waals surface area contributed by atoms with Gasteiger partial charge in [-0.25, -0.2) is 4.68 Å². The maximum Gasteiger partial charge on any atom is 0.135 e. The van der Waals surface area contributed by atoms with E-state index in [0.717, 1.165) is 21.3 Å². The van der Waals surface area contributed by atoms with Crippen LogP contribution in [0, 0.1) is 0 Å². The molecular formula is C9H11BrN4O. The Bertz CT molecular complexity index is 482. The maximum atomic E-state index is 5.48. The molecule has 15 heavy (non-hydrogen) atoms. The minimum absolute atomic E-state index is 0.544. The summed E-state index contributed by atoms with van der Waals surface area (Å²) in [7, 11) is 1.62. The molecule has 0 aliphatic carbocycles. The van der Waals surface area contributed by atoms with Crippen LogP contribution in [-0.2, 0) is 6.54 Å². The second kappa shape index (κ2) is 4.16. The third kappa shape index (κ3) is 1.70. The van der Waals surface area contributed by atoms with Crippen molar-refractivity contribution in [3.05, 3.63) is 16.6 Å². The van der Waals surface area contributed by atoms with Crippen molar-refractivity contribution in [2.24, 2.45) is 5.73 Å². The molecule has 1 heterocycles. The number of hydrogen-bond acceptors (Lipinski definition) is 4. The summed E-state index contributed by atoms with van der Waals surface area (Å²) in [6.45, 7) is 1.21. The lowest BCUT2D eigenvalue weighted by Crippen LogP contribution is -2.10. The Morgan fingerprint density at radius 2 is 2.33 bits per heavy atom. The van der Waals surface area contributed by atoms with Crippen molar-refractivity contribution in [3.63, 3.8) is 0 Å². The van der Waals surface area contributed by atoms with Gasteiger partial charge in [0.1, 0.15) is 11.3 Å². The molecule has 0 fully saturated rings. The van der Waals surface area contributed by atoms with Gasteiger partial charge in [0, 0.05) is 6.54 Å². The largest absolute Gasteiger partial charge is 0.495 e. The third-order valence-corrected chi connectivity index (χ3v) is 2.92. The second-order valence-corrected chi connectivity index (χ2v) is 3.84. The van der Waals surface area contributed by atoms with E-state index in [0.29, 0.717) is 13.1 Å². The monoisotopic (exact) mass is 270 g/mol. The minimum Gasteiger partial charge on any atom is -0.495 e. The molecule has 0 aliphatic heterocycles. The summed E-state index contributed by atoms with van der Waals surface area (Å²) < 4.78 is 7.78. The Morgan fingerprint density at radius 3 is 3.00 bits per heavy atom. The SMILES string of the molecule is COc1ccc2c(nnn2CCN)c1Br. The summed E-state index contributed by atoms with van der Waals surface area (Å²) in [6.07, 6.45) is 0. The molecule has 0 saturated heterocycles. The number of hydrogen-bond donors (Lipinski definition) is 1. The van der Waals surface area contributed by atoms with Gasteiger partial charge in [-0.05, 0) is 28.1 Å². The summed E-state index contributed by atoms with van der Waals surface area (Å²) in [6, 6.07) is 3.80. The average Bonchev–Trinajstić information content (AvgIpc) is 2.64. The fourth-order valence-electron chi connectivity index (χ4n) is 1.43. The predicted molar refractivity (Wildman–Crippen MR) is 60.8 cm³/mol. The summed E-state index contributed by atoms with van der Waals surface area (Å²) >= 11 is 3.43. The number of aromatic nitrogens is 3.